The van der Waals surface area contributed by atoms with E-state index in [0.717, 1.165) is 11.3 Å². The van der Waals surface area contributed by atoms with Gasteiger partial charge in [-0.05, 0) is 30.4 Å². The summed E-state index contributed by atoms with van der Waals surface area (Å²) >= 11 is 1.62. The van der Waals surface area contributed by atoms with Gasteiger partial charge in [-0.25, -0.2) is 9.80 Å². The SMILES string of the molecule is C#CCN1CC(=O)N2[C@@H](CCSC)C(=O)N(CCCOC)C[C@@H]2N1C(=O)NCc1ccccc1. The van der Waals surface area contributed by atoms with Crippen LogP contribution in [0.5, 0.6) is 0 Å². The lowest BCUT2D eigenvalue weighted by Crippen LogP contribution is -2.76. The van der Waals surface area contributed by atoms with Crippen LogP contribution in [0.4, 0.5) is 4.79 Å². The second-order valence-corrected chi connectivity index (χ2v) is 9.21. The number of fused-ring (bicyclic) bond motifs is 1. The number of nitrogens with one attached hydrogen (secondary N) is 1. The zero-order valence-corrected chi connectivity index (χ0v) is 20.6. The van der Waals surface area contributed by atoms with Crippen molar-refractivity contribution in [3.63, 3.8) is 0 Å². The van der Waals surface area contributed by atoms with Gasteiger partial charge in [0.2, 0.25) is 11.8 Å². The summed E-state index contributed by atoms with van der Waals surface area (Å²) in [5, 5.41) is 6.08. The molecular formula is C24H33N5O4S. The first kappa shape index (κ1) is 25.9. The van der Waals surface area contributed by atoms with Crippen LogP contribution in [0.25, 0.3) is 0 Å². The molecule has 0 unspecified atom stereocenters. The summed E-state index contributed by atoms with van der Waals surface area (Å²) in [6.07, 6.45) is 8.11. The van der Waals surface area contributed by atoms with Crippen molar-refractivity contribution in [1.82, 2.24) is 25.1 Å². The first-order valence-electron chi connectivity index (χ1n) is 11.4. The first-order chi connectivity index (χ1) is 16.5. The maximum absolute atomic E-state index is 13.4. The molecule has 2 saturated heterocycles. The molecule has 1 aromatic rings. The summed E-state index contributed by atoms with van der Waals surface area (Å²) in [5.41, 5.74) is 0.960. The second kappa shape index (κ2) is 12.6. The van der Waals surface area contributed by atoms with Crippen molar-refractivity contribution in [2.75, 3.05) is 51.9 Å². The molecule has 1 N–H and O–H groups in total. The standard InChI is InChI=1S/C24H33N5O4S/c1-4-12-27-18-22(30)28-20(11-15-34-3)23(31)26(13-8-14-33-2)17-21(28)29(27)24(32)25-16-19-9-6-5-7-10-19/h1,5-7,9-10,20-21H,8,11-18H2,2-3H3,(H,25,32)/t20-,21-/m0/s1. The van der Waals surface area contributed by atoms with Gasteiger partial charge in [0.1, 0.15) is 12.2 Å². The van der Waals surface area contributed by atoms with Crippen molar-refractivity contribution in [2.24, 2.45) is 0 Å². The number of ether oxygens (including phenoxy) is 1. The fraction of sp³-hybridized carbons (Fsp3) is 0.542. The van der Waals surface area contributed by atoms with Crippen LogP contribution in [0, 0.1) is 12.3 Å². The number of rotatable bonds is 10. The highest BCUT2D eigenvalue weighted by Crippen LogP contribution is 2.28. The van der Waals surface area contributed by atoms with Gasteiger partial charge in [-0.3, -0.25) is 9.59 Å². The third kappa shape index (κ3) is 6.03. The smallest absolute Gasteiger partial charge is 0.334 e. The van der Waals surface area contributed by atoms with Gasteiger partial charge in [-0.15, -0.1) is 6.42 Å². The molecule has 2 atom stereocenters. The Morgan fingerprint density at radius 3 is 2.74 bits per heavy atom. The van der Waals surface area contributed by atoms with Gasteiger partial charge in [0.05, 0.1) is 19.6 Å². The molecular weight excluding hydrogens is 454 g/mol. The van der Waals surface area contributed by atoms with Crippen molar-refractivity contribution >= 4 is 29.6 Å². The Kier molecular flexibility index (Phi) is 9.62. The molecule has 0 spiro atoms. The number of hydrogen-bond donors (Lipinski definition) is 1. The number of hydrogen-bond acceptors (Lipinski definition) is 6. The third-order valence-corrected chi connectivity index (χ3v) is 6.61. The predicted octanol–water partition coefficient (Wildman–Crippen LogP) is 1.22. The molecule has 1 aromatic carbocycles. The van der Waals surface area contributed by atoms with Crippen LogP contribution in [-0.4, -0.2) is 102 Å². The molecule has 2 aliphatic rings. The molecule has 3 rings (SSSR count). The van der Waals surface area contributed by atoms with E-state index in [0.29, 0.717) is 32.5 Å². The number of hydrazine groups is 1. The Balaban J connectivity index is 1.88. The molecule has 4 amide bonds. The van der Waals surface area contributed by atoms with Crippen LogP contribution in [0.3, 0.4) is 0 Å². The van der Waals surface area contributed by atoms with Gasteiger partial charge in [0, 0.05) is 26.8 Å². The van der Waals surface area contributed by atoms with E-state index in [4.69, 9.17) is 11.2 Å². The number of terminal acetylenes is 1. The lowest BCUT2D eigenvalue weighted by Gasteiger charge is -2.55. The molecule has 0 saturated carbocycles. The summed E-state index contributed by atoms with van der Waals surface area (Å²) in [7, 11) is 1.62. The Bertz CT molecular complexity index is 893. The van der Waals surface area contributed by atoms with E-state index < -0.39 is 12.2 Å². The number of nitrogens with zero attached hydrogens (tertiary/aromatic N) is 4. The minimum Gasteiger partial charge on any atom is -0.385 e. The highest BCUT2D eigenvalue weighted by Gasteiger charge is 2.50. The summed E-state index contributed by atoms with van der Waals surface area (Å²) in [6, 6.07) is 8.64. The minimum atomic E-state index is -0.627. The Labute approximate surface area is 205 Å². The number of methoxy groups -OCH3 is 1. The van der Waals surface area contributed by atoms with E-state index in [9.17, 15) is 14.4 Å². The molecule has 2 fully saturated rings. The maximum atomic E-state index is 13.4. The highest BCUT2D eigenvalue weighted by atomic mass is 32.2. The molecule has 0 aliphatic carbocycles. The molecule has 10 heteroatoms. The van der Waals surface area contributed by atoms with Gasteiger partial charge >= 0.3 is 6.03 Å². The Morgan fingerprint density at radius 1 is 1.29 bits per heavy atom. The zero-order valence-electron chi connectivity index (χ0n) is 19.8. The highest BCUT2D eigenvalue weighted by molar-refractivity contribution is 7.98. The van der Waals surface area contributed by atoms with Crippen LogP contribution < -0.4 is 5.32 Å². The van der Waals surface area contributed by atoms with Gasteiger partial charge in [-0.2, -0.15) is 16.8 Å². The molecule has 0 bridgehead atoms. The van der Waals surface area contributed by atoms with Crippen LogP contribution in [0.1, 0.15) is 18.4 Å². The van der Waals surface area contributed by atoms with E-state index in [2.05, 4.69) is 11.2 Å². The molecule has 0 aromatic heterocycles. The van der Waals surface area contributed by atoms with Gasteiger partial charge < -0.3 is 19.9 Å². The summed E-state index contributed by atoms with van der Waals surface area (Å²) < 4.78 is 5.16. The van der Waals surface area contributed by atoms with Crippen LogP contribution in [0.2, 0.25) is 0 Å². The fourth-order valence-corrected chi connectivity index (χ4v) is 4.86. The second-order valence-electron chi connectivity index (χ2n) is 8.23. The van der Waals surface area contributed by atoms with Gasteiger partial charge in [0.15, 0.2) is 0 Å². The topological polar surface area (TPSA) is 85.4 Å². The molecule has 34 heavy (non-hydrogen) atoms. The number of carbonyl (C=O) groups excluding carboxylic acids is 3. The number of urea groups is 1. The average molecular weight is 488 g/mol. The molecule has 9 nitrogen and oxygen atoms in total. The Morgan fingerprint density at radius 2 is 2.06 bits per heavy atom. The number of amides is 4. The molecule has 0 radical (unpaired) electrons. The molecule has 184 valence electrons. The van der Waals surface area contributed by atoms with E-state index in [1.54, 1.807) is 33.7 Å². The summed E-state index contributed by atoms with van der Waals surface area (Å²) in [5.74, 6) is 3.01. The largest absolute Gasteiger partial charge is 0.385 e. The number of thioether (sulfide) groups is 1. The predicted molar refractivity (Wildman–Crippen MR) is 131 cm³/mol. The van der Waals surface area contributed by atoms with Crippen molar-refractivity contribution < 1.29 is 19.1 Å². The maximum Gasteiger partial charge on any atom is 0.334 e. The van der Waals surface area contributed by atoms with Crippen molar-refractivity contribution in [1.29, 1.82) is 0 Å². The lowest BCUT2D eigenvalue weighted by atomic mass is 10.0. The average Bonchev–Trinajstić information content (AvgIpc) is 2.83. The van der Waals surface area contributed by atoms with Crippen LogP contribution >= 0.6 is 11.8 Å². The van der Waals surface area contributed by atoms with Crippen molar-refractivity contribution in [2.45, 2.75) is 31.6 Å². The molecule has 2 heterocycles. The van der Waals surface area contributed by atoms with E-state index in [1.165, 1.54) is 5.01 Å². The number of carbonyl (C=O) groups is 3. The summed E-state index contributed by atoms with van der Waals surface area (Å²) in [6.45, 7) is 1.65. The minimum absolute atomic E-state index is 0.0494. The van der Waals surface area contributed by atoms with Crippen molar-refractivity contribution in [3.05, 3.63) is 35.9 Å². The van der Waals surface area contributed by atoms with Crippen molar-refractivity contribution in [3.8, 4) is 12.3 Å². The molecule has 2 aliphatic heterocycles. The first-order valence-corrected chi connectivity index (χ1v) is 12.8. The summed E-state index contributed by atoms with van der Waals surface area (Å²) in [4.78, 5) is 43.3. The third-order valence-electron chi connectivity index (χ3n) is 5.97. The van der Waals surface area contributed by atoms with E-state index in [-0.39, 0.29) is 37.5 Å². The van der Waals surface area contributed by atoms with Crippen LogP contribution in [-0.2, 0) is 20.9 Å². The van der Waals surface area contributed by atoms with Gasteiger partial charge in [0.25, 0.3) is 0 Å². The monoisotopic (exact) mass is 487 g/mol. The van der Waals surface area contributed by atoms with Crippen LogP contribution in [0.15, 0.2) is 30.3 Å². The van der Waals surface area contributed by atoms with E-state index >= 15 is 0 Å². The lowest BCUT2D eigenvalue weighted by molar-refractivity contribution is -0.189. The quantitative estimate of drug-likeness (QED) is 0.395. The number of benzene rings is 1. The van der Waals surface area contributed by atoms with Gasteiger partial charge in [-0.1, -0.05) is 36.3 Å². The Hall–Kier alpha value is -2.74. The number of piperazine rings is 1. The van der Waals surface area contributed by atoms with E-state index in [1.807, 2.05) is 36.6 Å². The fourth-order valence-electron chi connectivity index (χ4n) is 4.40. The zero-order chi connectivity index (χ0) is 24.5. The normalized spacial score (nSPS) is 20.8.